The highest BCUT2D eigenvalue weighted by molar-refractivity contribution is 5.85. The van der Waals surface area contributed by atoms with Crippen molar-refractivity contribution >= 4 is 12.0 Å². The summed E-state index contributed by atoms with van der Waals surface area (Å²) < 4.78 is 1.84. The third kappa shape index (κ3) is 3.61. The topological polar surface area (TPSA) is 62.5 Å². The molecule has 0 bridgehead atoms. The molecule has 1 aliphatic rings. The number of rotatable bonds is 5. The van der Waals surface area contributed by atoms with Crippen molar-refractivity contribution in [1.82, 2.24) is 9.47 Å². The fourth-order valence-electron chi connectivity index (χ4n) is 2.72. The fraction of sp³-hybridized carbons (Fsp3) is 0.500. The van der Waals surface area contributed by atoms with E-state index in [4.69, 9.17) is 5.11 Å². The van der Waals surface area contributed by atoms with Gasteiger partial charge in [0.15, 0.2) is 0 Å². The van der Waals surface area contributed by atoms with Crippen LogP contribution in [0.1, 0.15) is 36.6 Å². The molecule has 0 saturated heterocycles. The first-order valence-electron chi connectivity index (χ1n) is 7.38. The molecule has 5 nitrogen and oxygen atoms in total. The van der Waals surface area contributed by atoms with Crippen LogP contribution in [0.25, 0.3) is 6.08 Å². The first-order valence-corrected chi connectivity index (χ1v) is 7.38. The molecule has 1 aliphatic heterocycles. The Hall–Kier alpha value is -1.88. The fourth-order valence-corrected chi connectivity index (χ4v) is 2.72. The molecule has 1 aromatic heterocycles. The van der Waals surface area contributed by atoms with Gasteiger partial charge in [-0.2, -0.15) is 0 Å². The van der Waals surface area contributed by atoms with Gasteiger partial charge >= 0.3 is 5.97 Å². The zero-order valence-corrected chi connectivity index (χ0v) is 12.6. The van der Waals surface area contributed by atoms with E-state index in [1.165, 1.54) is 6.08 Å². The molecule has 2 rings (SSSR count). The zero-order chi connectivity index (χ0) is 15.4. The minimum absolute atomic E-state index is 0.0794. The molecule has 0 spiro atoms. The SMILES string of the molecule is CCCCn1c2c(cc(/C=C/C(=O)O)c1=O)CN(C)CC2. The van der Waals surface area contributed by atoms with E-state index < -0.39 is 5.97 Å². The maximum absolute atomic E-state index is 12.5. The lowest BCUT2D eigenvalue weighted by atomic mass is 10.0. The van der Waals surface area contributed by atoms with Gasteiger partial charge in [-0.3, -0.25) is 4.79 Å². The highest BCUT2D eigenvalue weighted by Crippen LogP contribution is 2.18. The number of carbonyl (C=O) groups is 1. The van der Waals surface area contributed by atoms with Gasteiger partial charge in [0.1, 0.15) is 0 Å². The minimum Gasteiger partial charge on any atom is -0.478 e. The molecule has 0 saturated carbocycles. The number of aliphatic carboxylic acids is 1. The molecule has 0 amide bonds. The summed E-state index contributed by atoms with van der Waals surface area (Å²) >= 11 is 0. The van der Waals surface area contributed by atoms with Crippen molar-refractivity contribution in [2.45, 2.75) is 39.3 Å². The summed E-state index contributed by atoms with van der Waals surface area (Å²) in [6.07, 6.45) is 5.28. The largest absolute Gasteiger partial charge is 0.478 e. The lowest BCUT2D eigenvalue weighted by Crippen LogP contribution is -2.34. The van der Waals surface area contributed by atoms with Crippen molar-refractivity contribution in [3.05, 3.63) is 39.3 Å². The number of aromatic nitrogens is 1. The normalized spacial score (nSPS) is 15.3. The van der Waals surface area contributed by atoms with Crippen LogP contribution >= 0.6 is 0 Å². The van der Waals surface area contributed by atoms with E-state index in [1.54, 1.807) is 0 Å². The molecule has 114 valence electrons. The Balaban J connectivity index is 2.50. The van der Waals surface area contributed by atoms with Gasteiger partial charge in [0, 0.05) is 43.4 Å². The highest BCUT2D eigenvalue weighted by Gasteiger charge is 2.19. The lowest BCUT2D eigenvalue weighted by Gasteiger charge is -2.28. The minimum atomic E-state index is -1.04. The van der Waals surface area contributed by atoms with E-state index in [0.29, 0.717) is 12.1 Å². The third-order valence-electron chi connectivity index (χ3n) is 3.83. The van der Waals surface area contributed by atoms with E-state index in [1.807, 2.05) is 10.6 Å². The number of nitrogens with zero attached hydrogens (tertiary/aromatic N) is 2. The van der Waals surface area contributed by atoms with E-state index in [9.17, 15) is 9.59 Å². The Morgan fingerprint density at radius 2 is 2.24 bits per heavy atom. The predicted octanol–water partition coefficient (Wildman–Crippen LogP) is 1.73. The Morgan fingerprint density at radius 3 is 2.90 bits per heavy atom. The van der Waals surface area contributed by atoms with Crippen molar-refractivity contribution in [1.29, 1.82) is 0 Å². The summed E-state index contributed by atoms with van der Waals surface area (Å²) in [5.41, 5.74) is 2.62. The lowest BCUT2D eigenvalue weighted by molar-refractivity contribution is -0.131. The number of hydrogen-bond acceptors (Lipinski definition) is 3. The van der Waals surface area contributed by atoms with E-state index >= 15 is 0 Å². The second-order valence-electron chi connectivity index (χ2n) is 5.54. The summed E-state index contributed by atoms with van der Waals surface area (Å²) in [6.45, 7) is 4.55. The molecule has 0 aliphatic carbocycles. The van der Waals surface area contributed by atoms with Crippen molar-refractivity contribution in [3.63, 3.8) is 0 Å². The molecule has 0 unspecified atom stereocenters. The summed E-state index contributed by atoms with van der Waals surface area (Å²) in [6, 6.07) is 1.84. The monoisotopic (exact) mass is 290 g/mol. The number of likely N-dealkylation sites (N-methyl/N-ethyl adjacent to an activating group) is 1. The van der Waals surface area contributed by atoms with Gasteiger partial charge in [0.2, 0.25) is 0 Å². The van der Waals surface area contributed by atoms with E-state index in [-0.39, 0.29) is 5.56 Å². The van der Waals surface area contributed by atoms with Crippen LogP contribution in [-0.2, 0) is 24.3 Å². The molecule has 21 heavy (non-hydrogen) atoms. The van der Waals surface area contributed by atoms with Crippen molar-refractivity contribution < 1.29 is 9.90 Å². The Morgan fingerprint density at radius 1 is 1.48 bits per heavy atom. The van der Waals surface area contributed by atoms with E-state index in [2.05, 4.69) is 18.9 Å². The van der Waals surface area contributed by atoms with Gasteiger partial charge in [-0.15, -0.1) is 0 Å². The highest BCUT2D eigenvalue weighted by atomic mass is 16.4. The van der Waals surface area contributed by atoms with Crippen LogP contribution < -0.4 is 5.56 Å². The smallest absolute Gasteiger partial charge is 0.328 e. The van der Waals surface area contributed by atoms with Crippen LogP contribution in [0.15, 0.2) is 16.9 Å². The van der Waals surface area contributed by atoms with Crippen LogP contribution in [0.3, 0.4) is 0 Å². The first kappa shape index (κ1) is 15.5. The molecular weight excluding hydrogens is 268 g/mol. The van der Waals surface area contributed by atoms with Crippen LogP contribution in [0.4, 0.5) is 0 Å². The Bertz CT molecular complexity index is 617. The van der Waals surface area contributed by atoms with Crippen molar-refractivity contribution in [2.24, 2.45) is 0 Å². The second-order valence-corrected chi connectivity index (χ2v) is 5.54. The molecule has 2 heterocycles. The molecule has 0 radical (unpaired) electrons. The quantitative estimate of drug-likeness (QED) is 0.839. The molecule has 1 N–H and O–H groups in total. The Kier molecular flexibility index (Phi) is 4.96. The molecule has 0 atom stereocenters. The first-order chi connectivity index (χ1) is 10.0. The third-order valence-corrected chi connectivity index (χ3v) is 3.83. The predicted molar refractivity (Wildman–Crippen MR) is 82.3 cm³/mol. The zero-order valence-electron chi connectivity index (χ0n) is 12.6. The van der Waals surface area contributed by atoms with Gasteiger partial charge in [-0.05, 0) is 31.2 Å². The second kappa shape index (κ2) is 6.72. The summed E-state index contributed by atoms with van der Waals surface area (Å²) in [5.74, 6) is -1.04. The average molecular weight is 290 g/mol. The summed E-state index contributed by atoms with van der Waals surface area (Å²) in [5, 5.41) is 8.75. The van der Waals surface area contributed by atoms with Crippen LogP contribution in [0, 0.1) is 0 Å². The van der Waals surface area contributed by atoms with Crippen LogP contribution in [0.5, 0.6) is 0 Å². The van der Waals surface area contributed by atoms with Crippen molar-refractivity contribution in [3.8, 4) is 0 Å². The maximum Gasteiger partial charge on any atom is 0.328 e. The molecular formula is C16H22N2O3. The molecule has 5 heteroatoms. The van der Waals surface area contributed by atoms with Gasteiger partial charge in [0.25, 0.3) is 5.56 Å². The number of pyridine rings is 1. The van der Waals surface area contributed by atoms with Gasteiger partial charge < -0.3 is 14.6 Å². The summed E-state index contributed by atoms with van der Waals surface area (Å²) in [7, 11) is 2.05. The number of hydrogen-bond donors (Lipinski definition) is 1. The number of unbranched alkanes of at least 4 members (excludes halogenated alkanes) is 1. The van der Waals surface area contributed by atoms with E-state index in [0.717, 1.165) is 49.7 Å². The molecule has 0 aromatic carbocycles. The average Bonchev–Trinajstić information content (AvgIpc) is 2.44. The number of carboxylic acids is 1. The Labute approximate surface area is 124 Å². The van der Waals surface area contributed by atoms with Gasteiger partial charge in [-0.25, -0.2) is 4.79 Å². The van der Waals surface area contributed by atoms with Gasteiger partial charge in [0.05, 0.1) is 0 Å². The number of carboxylic acid groups (broad SMARTS) is 1. The molecule has 0 fully saturated rings. The van der Waals surface area contributed by atoms with Crippen LogP contribution in [-0.4, -0.2) is 34.1 Å². The van der Waals surface area contributed by atoms with Crippen LogP contribution in [0.2, 0.25) is 0 Å². The standard InChI is InChI=1S/C16H22N2O3/c1-3-4-8-18-14-7-9-17(2)11-13(14)10-12(16(18)21)5-6-15(19)20/h5-6,10H,3-4,7-9,11H2,1-2H3,(H,19,20)/b6-5+. The summed E-state index contributed by atoms with van der Waals surface area (Å²) in [4.78, 5) is 25.4. The number of fused-ring (bicyclic) bond motifs is 1. The molecule has 1 aromatic rings. The van der Waals surface area contributed by atoms with Gasteiger partial charge in [-0.1, -0.05) is 13.3 Å². The maximum atomic E-state index is 12.5. The van der Waals surface area contributed by atoms with Crippen molar-refractivity contribution in [2.75, 3.05) is 13.6 Å².